The van der Waals surface area contributed by atoms with Gasteiger partial charge in [-0.2, -0.15) is 0 Å². The van der Waals surface area contributed by atoms with Gasteiger partial charge >= 0.3 is 5.97 Å². The molecule has 0 aliphatic carbocycles. The molecule has 384 valence electrons. The zero-order valence-electron chi connectivity index (χ0n) is 41.4. The highest BCUT2D eigenvalue weighted by atomic mass is 33.2. The first-order valence-electron chi connectivity index (χ1n) is 23.1. The number of ether oxygens (including phenoxy) is 1. The molecule has 3 amide bonds. The predicted molar refractivity (Wildman–Crippen MR) is 273 cm³/mol. The number of aliphatic hydroxyl groups is 4. The molecule has 0 aliphatic heterocycles. The molecule has 0 saturated heterocycles. The fourth-order valence-corrected chi connectivity index (χ4v) is 20.1. The predicted octanol–water partition coefficient (Wildman–Crippen LogP) is 5.15. The lowest BCUT2D eigenvalue weighted by molar-refractivity contribution is -0.141. The Hall–Kier alpha value is -3.19. The van der Waals surface area contributed by atoms with Gasteiger partial charge in [-0.3, -0.25) is 19.2 Å². The van der Waals surface area contributed by atoms with E-state index < -0.39 is 48.2 Å². The SMILES string of the molecule is C.CCC(=O)CCCCCNC(=O)CCSS(CCO)(CCO)(CCO)(CCO)CCOc1cccc(C(C)(C)[C@H](NC)C(=O)N[C@H](C(=O)N(C)[C@H](/C=C(\C)C(=O)O)C(C)C)C(C)(C)C)c1. The van der Waals surface area contributed by atoms with Gasteiger partial charge in [-0.05, 0) is 78.9 Å². The standard InChI is InChI=1S/C48H86N4O11S2.CH4/c1-12-38(57)18-14-13-15-21-50-41(58)20-27-64-65(28-22-53,29-23-54,30-24-55,31-25-56)32-26-63-39-19-16-17-37(34-39)48(8,9)42(49-10)44(59)51-43(47(5,6)7)45(60)52(11)40(35(2)3)33-36(4)46(61)62;/h16-17,19,33-35,40,42-43,49,53-56H,12-15,18,20-32H2,1-11H3,(H,50,58)(H,51,59)(H,61,62);1H4/b36-33+;/t40-,42-,43-;/m1./s1. The molecule has 8 N–H and O–H groups in total. The Morgan fingerprint density at radius 2 is 1.44 bits per heavy atom. The molecule has 15 nitrogen and oxygen atoms in total. The highest BCUT2D eigenvalue weighted by Gasteiger charge is 2.59. The molecule has 0 spiro atoms. The second kappa shape index (κ2) is 27.7. The van der Waals surface area contributed by atoms with Gasteiger partial charge in [-0.15, -0.1) is 10.8 Å². The molecule has 0 aliphatic rings. The number of carbonyl (C=O) groups is 5. The second-order valence-electron chi connectivity index (χ2n) is 19.6. The number of Topliss-reactive ketones (excluding diaryl/α,β-unsaturated/α-hetero) is 1. The molecule has 17 heteroatoms. The fraction of sp³-hybridized carbons (Fsp3) is 0.735. The van der Waals surface area contributed by atoms with Crippen molar-refractivity contribution in [3.63, 3.8) is 0 Å². The van der Waals surface area contributed by atoms with Crippen molar-refractivity contribution in [2.24, 2.45) is 11.3 Å². The number of likely N-dealkylation sites (N-methyl/N-ethyl adjacent to an activating group) is 2. The van der Waals surface area contributed by atoms with Crippen LogP contribution in [-0.4, -0.2) is 166 Å². The van der Waals surface area contributed by atoms with Crippen molar-refractivity contribution >= 4 is 47.6 Å². The summed E-state index contributed by atoms with van der Waals surface area (Å²) < 4.78 is 6.47. The van der Waals surface area contributed by atoms with Crippen LogP contribution >= 0.6 is 18.1 Å². The van der Waals surface area contributed by atoms with E-state index in [2.05, 4.69) is 16.0 Å². The monoisotopic (exact) mass is 975 g/mol. The molecule has 1 aromatic rings. The van der Waals surface area contributed by atoms with E-state index >= 15 is 0 Å². The van der Waals surface area contributed by atoms with E-state index in [-0.39, 0.29) is 99.0 Å². The highest BCUT2D eigenvalue weighted by molar-refractivity contribution is 9.13. The number of amides is 3. The van der Waals surface area contributed by atoms with Crippen molar-refractivity contribution in [3.8, 4) is 5.75 Å². The van der Waals surface area contributed by atoms with Crippen molar-refractivity contribution in [2.45, 2.75) is 132 Å². The minimum Gasteiger partial charge on any atom is -0.493 e. The fourth-order valence-electron chi connectivity index (χ4n) is 8.75. The first kappa shape index (κ1) is 62.8. The van der Waals surface area contributed by atoms with E-state index in [9.17, 15) is 49.5 Å². The third kappa shape index (κ3) is 17.4. The van der Waals surface area contributed by atoms with Crippen LogP contribution in [0.1, 0.15) is 114 Å². The van der Waals surface area contributed by atoms with Crippen molar-refractivity contribution < 1.29 is 54.2 Å². The molecule has 0 bridgehead atoms. The number of rotatable bonds is 33. The number of aliphatic carboxylic acids is 1. The number of hydrogen-bond donors (Lipinski definition) is 8. The van der Waals surface area contributed by atoms with Gasteiger partial charge in [0.05, 0.1) is 45.1 Å². The normalized spacial score (nSPS) is 14.8. The number of nitrogens with one attached hydrogen (secondary N) is 3. The number of carboxylic acids is 1. The topological polar surface area (TPSA) is 235 Å². The summed E-state index contributed by atoms with van der Waals surface area (Å²) in [5.41, 5.74) is -0.696. The van der Waals surface area contributed by atoms with Crippen LogP contribution in [-0.2, 0) is 29.4 Å². The number of benzene rings is 1. The molecule has 3 atom stereocenters. The third-order valence-corrected chi connectivity index (χ3v) is 27.4. The van der Waals surface area contributed by atoms with E-state index in [4.69, 9.17) is 4.74 Å². The lowest BCUT2D eigenvalue weighted by Crippen LogP contribution is -2.61. The van der Waals surface area contributed by atoms with Gasteiger partial charge in [-0.1, -0.05) is 87.4 Å². The zero-order chi connectivity index (χ0) is 49.7. The van der Waals surface area contributed by atoms with Crippen molar-refractivity contribution in [1.82, 2.24) is 20.9 Å². The van der Waals surface area contributed by atoms with Crippen LogP contribution in [0, 0.1) is 11.3 Å². The van der Waals surface area contributed by atoms with E-state index in [0.717, 1.165) is 24.8 Å². The Morgan fingerprint density at radius 3 is 1.92 bits per heavy atom. The molecular formula is C49H90N4O11S2. The van der Waals surface area contributed by atoms with Gasteiger partial charge in [0.2, 0.25) is 17.7 Å². The maximum Gasteiger partial charge on any atom is 0.331 e. The lowest BCUT2D eigenvalue weighted by atomic mass is 9.76. The minimum atomic E-state index is -3.87. The molecule has 0 saturated carbocycles. The average molecular weight is 975 g/mol. The number of unbranched alkanes of at least 4 members (excludes halogenated alkanes) is 2. The molecular weight excluding hydrogens is 885 g/mol. The van der Waals surface area contributed by atoms with Crippen LogP contribution in [0.2, 0.25) is 0 Å². The van der Waals surface area contributed by atoms with Crippen molar-refractivity contribution in [1.29, 1.82) is 0 Å². The van der Waals surface area contributed by atoms with Gasteiger partial charge in [-0.25, -0.2) is 12.1 Å². The summed E-state index contributed by atoms with van der Waals surface area (Å²) in [5.74, 6) is 0.198. The van der Waals surface area contributed by atoms with E-state index in [0.29, 0.717) is 36.6 Å². The summed E-state index contributed by atoms with van der Waals surface area (Å²) in [6.45, 7) is 16.1. The number of hydrogen-bond acceptors (Lipinski definition) is 12. The summed E-state index contributed by atoms with van der Waals surface area (Å²) in [5, 5.41) is 61.2. The van der Waals surface area contributed by atoms with E-state index in [1.54, 1.807) is 26.2 Å². The van der Waals surface area contributed by atoms with Gasteiger partial charge in [0, 0.05) is 55.3 Å². The first-order valence-corrected chi connectivity index (χ1v) is 27.9. The Kier molecular flexibility index (Phi) is 26.4. The van der Waals surface area contributed by atoms with E-state index in [1.807, 2.05) is 73.6 Å². The minimum absolute atomic E-state index is 0. The van der Waals surface area contributed by atoms with Gasteiger partial charge in [0.25, 0.3) is 0 Å². The Morgan fingerprint density at radius 1 is 0.864 bits per heavy atom. The quantitative estimate of drug-likeness (QED) is 0.0259. The van der Waals surface area contributed by atoms with Crippen LogP contribution in [0.25, 0.3) is 0 Å². The summed E-state index contributed by atoms with van der Waals surface area (Å²) in [7, 11) is 0.930. The smallest absolute Gasteiger partial charge is 0.331 e. The highest BCUT2D eigenvalue weighted by Crippen LogP contribution is 2.96. The largest absolute Gasteiger partial charge is 0.493 e. The molecule has 1 rings (SSSR count). The third-order valence-electron chi connectivity index (χ3n) is 13.2. The number of carboxylic acid groups (broad SMARTS) is 1. The maximum absolute atomic E-state index is 14.3. The molecule has 0 fully saturated rings. The number of nitrogens with zero attached hydrogens (tertiary/aromatic N) is 1. The Balaban J connectivity index is 0.0000422. The summed E-state index contributed by atoms with van der Waals surface area (Å²) in [4.78, 5) is 66.2. The van der Waals surface area contributed by atoms with Crippen LogP contribution in [0.15, 0.2) is 35.9 Å². The lowest BCUT2D eigenvalue weighted by Gasteiger charge is -2.78. The van der Waals surface area contributed by atoms with Crippen molar-refractivity contribution in [3.05, 3.63) is 41.5 Å². The Bertz CT molecular complexity index is 1710. The van der Waals surface area contributed by atoms with Gasteiger partial charge in [0.1, 0.15) is 17.6 Å². The van der Waals surface area contributed by atoms with E-state index in [1.165, 1.54) is 22.6 Å². The molecule has 1 aromatic carbocycles. The van der Waals surface area contributed by atoms with Crippen LogP contribution < -0.4 is 20.7 Å². The average Bonchev–Trinajstić information content (AvgIpc) is 3.22. The molecule has 66 heavy (non-hydrogen) atoms. The Labute approximate surface area is 399 Å². The number of aliphatic hydroxyl groups excluding tert-OH is 4. The summed E-state index contributed by atoms with van der Waals surface area (Å²) in [6.07, 6.45) is 5.17. The molecule has 0 aromatic heterocycles. The molecule has 0 heterocycles. The zero-order valence-corrected chi connectivity index (χ0v) is 43.0. The van der Waals surface area contributed by atoms with Crippen LogP contribution in [0.3, 0.4) is 0 Å². The van der Waals surface area contributed by atoms with Crippen LogP contribution in [0.4, 0.5) is 0 Å². The molecule has 0 unspecified atom stereocenters. The summed E-state index contributed by atoms with van der Waals surface area (Å²) in [6, 6.07) is 5.04. The first-order chi connectivity index (χ1) is 30.3. The summed E-state index contributed by atoms with van der Waals surface area (Å²) >= 11 is 0. The number of carbonyl (C=O) groups excluding carboxylic acids is 4. The maximum atomic E-state index is 14.3. The van der Waals surface area contributed by atoms with Gasteiger partial charge in [0.15, 0.2) is 0 Å². The second-order valence-corrected chi connectivity index (χ2v) is 31.8. The molecule has 0 radical (unpaired) electrons. The van der Waals surface area contributed by atoms with Crippen LogP contribution in [0.5, 0.6) is 5.75 Å². The van der Waals surface area contributed by atoms with Crippen molar-refractivity contribution in [2.75, 3.05) is 88.2 Å². The van der Waals surface area contributed by atoms with Gasteiger partial charge < -0.3 is 51.1 Å². The number of ketones is 1.